The molecule has 2 rings (SSSR count). The van der Waals surface area contributed by atoms with Crippen LogP contribution in [0.4, 0.5) is 0 Å². The van der Waals surface area contributed by atoms with E-state index in [9.17, 15) is 0 Å². The van der Waals surface area contributed by atoms with Gasteiger partial charge >= 0.3 is 0 Å². The highest BCUT2D eigenvalue weighted by Gasteiger charge is 2.06. The molecule has 156 valence electrons. The molecule has 0 amide bonds. The van der Waals surface area contributed by atoms with Crippen LogP contribution in [0.15, 0.2) is 23.2 Å². The number of aliphatic imine (C=N–C) groups is 1. The van der Waals surface area contributed by atoms with E-state index in [-0.39, 0.29) is 24.0 Å². The average molecular weight is 518 g/mol. The average Bonchev–Trinajstić information content (AvgIpc) is 2.98. The molecule has 1 heterocycles. The third-order valence-corrected chi connectivity index (χ3v) is 4.88. The Labute approximate surface area is 189 Å². The summed E-state index contributed by atoms with van der Waals surface area (Å²) >= 11 is 1.85. The maximum Gasteiger partial charge on any atom is 0.191 e. The van der Waals surface area contributed by atoms with Gasteiger partial charge in [0.05, 0.1) is 20.2 Å². The molecule has 7 nitrogen and oxygen atoms in total. The first-order chi connectivity index (χ1) is 13.0. The highest BCUT2D eigenvalue weighted by atomic mass is 127. The first kappa shape index (κ1) is 24.5. The number of thioether (sulfide) groups is 1. The second-order valence-electron chi connectivity index (χ2n) is 6.37. The highest BCUT2D eigenvalue weighted by Crippen LogP contribution is 2.17. The quantitative estimate of drug-likeness (QED) is 0.230. The van der Waals surface area contributed by atoms with Crippen molar-refractivity contribution in [1.29, 1.82) is 0 Å². The monoisotopic (exact) mass is 518 g/mol. The fourth-order valence-electron chi connectivity index (χ4n) is 2.57. The second-order valence-corrected chi connectivity index (χ2v) is 7.36. The molecule has 2 N–H and O–H groups in total. The van der Waals surface area contributed by atoms with Crippen LogP contribution in [0.25, 0.3) is 0 Å². The van der Waals surface area contributed by atoms with E-state index in [1.165, 1.54) is 0 Å². The van der Waals surface area contributed by atoms with E-state index in [1.54, 1.807) is 7.11 Å². The van der Waals surface area contributed by atoms with Gasteiger partial charge in [0.25, 0.3) is 0 Å². The number of methoxy groups -OCH3 is 1. The Balaban J connectivity index is 0.00000392. The summed E-state index contributed by atoms with van der Waals surface area (Å²) in [6.07, 6.45) is 3.21. The van der Waals surface area contributed by atoms with Gasteiger partial charge in [-0.3, -0.25) is 0 Å². The Hall–Kier alpha value is -1.49. The largest absolute Gasteiger partial charge is 0.497 e. The first-order valence-corrected chi connectivity index (χ1v) is 10.4. The third kappa shape index (κ3) is 7.86. The number of aryl methyl sites for hydroxylation is 2. The molecule has 28 heavy (non-hydrogen) atoms. The van der Waals surface area contributed by atoms with Crippen molar-refractivity contribution in [3.8, 4) is 5.75 Å². The van der Waals surface area contributed by atoms with Crippen molar-refractivity contribution in [2.75, 3.05) is 25.7 Å². The van der Waals surface area contributed by atoms with Crippen LogP contribution in [0, 0.1) is 13.8 Å². The van der Waals surface area contributed by atoms with E-state index in [1.807, 2.05) is 42.4 Å². The van der Waals surface area contributed by atoms with Gasteiger partial charge in [-0.15, -0.1) is 34.2 Å². The normalized spacial score (nSPS) is 11.1. The molecule has 0 saturated heterocycles. The summed E-state index contributed by atoms with van der Waals surface area (Å²) in [6.45, 7) is 6.03. The van der Waals surface area contributed by atoms with Crippen molar-refractivity contribution in [3.63, 3.8) is 0 Å². The molecule has 0 spiro atoms. The van der Waals surface area contributed by atoms with Crippen molar-refractivity contribution in [2.24, 2.45) is 12.0 Å². The molecule has 0 radical (unpaired) electrons. The molecule has 0 aliphatic heterocycles. The zero-order valence-corrected chi connectivity index (χ0v) is 20.4. The smallest absolute Gasteiger partial charge is 0.191 e. The maximum absolute atomic E-state index is 5.36. The summed E-state index contributed by atoms with van der Waals surface area (Å²) in [5.74, 6) is 4.53. The van der Waals surface area contributed by atoms with Gasteiger partial charge in [0, 0.05) is 13.6 Å². The minimum absolute atomic E-state index is 0. The number of aromatic nitrogens is 3. The Morgan fingerprint density at radius 1 is 1.21 bits per heavy atom. The minimum atomic E-state index is 0. The maximum atomic E-state index is 5.36. The van der Waals surface area contributed by atoms with Crippen molar-refractivity contribution >= 4 is 41.7 Å². The summed E-state index contributed by atoms with van der Waals surface area (Å²) in [7, 11) is 3.65. The van der Waals surface area contributed by atoms with Gasteiger partial charge in [-0.05, 0) is 55.5 Å². The molecule has 9 heteroatoms. The number of guanidine groups is 1. The Morgan fingerprint density at radius 3 is 2.64 bits per heavy atom. The summed E-state index contributed by atoms with van der Waals surface area (Å²) in [5.41, 5.74) is 2.28. The number of rotatable bonds is 9. The van der Waals surface area contributed by atoms with Crippen LogP contribution in [0.2, 0.25) is 0 Å². The van der Waals surface area contributed by atoms with Gasteiger partial charge in [-0.2, -0.15) is 11.8 Å². The van der Waals surface area contributed by atoms with Gasteiger partial charge in [0.2, 0.25) is 0 Å². The molecule has 1 aromatic heterocycles. The summed E-state index contributed by atoms with van der Waals surface area (Å²) in [5, 5.41) is 15.1. The predicted octanol–water partition coefficient (Wildman–Crippen LogP) is 3.05. The van der Waals surface area contributed by atoms with Crippen molar-refractivity contribution in [1.82, 2.24) is 25.4 Å². The summed E-state index contributed by atoms with van der Waals surface area (Å²) in [6, 6.07) is 6.17. The van der Waals surface area contributed by atoms with E-state index in [0.717, 1.165) is 53.2 Å². The molecule has 2 aromatic rings. The van der Waals surface area contributed by atoms with Crippen LogP contribution in [0.5, 0.6) is 5.75 Å². The standard InChI is InChI=1S/C19H30N6OS.HI/c1-14-9-16(11-17(10-14)26-4)12-21-19(20-7-6-8-27-5)22-13-18-24-23-15(2)25(18)3;/h9-11H,6-8,12-13H2,1-5H3,(H2,20,21,22);1H. The number of hydrogen-bond acceptors (Lipinski definition) is 5. The molecular weight excluding hydrogens is 487 g/mol. The van der Waals surface area contributed by atoms with E-state index in [0.29, 0.717) is 13.1 Å². The molecule has 0 saturated carbocycles. The summed E-state index contributed by atoms with van der Waals surface area (Å²) in [4.78, 5) is 4.73. The van der Waals surface area contributed by atoms with Crippen molar-refractivity contribution in [2.45, 2.75) is 33.4 Å². The zero-order valence-electron chi connectivity index (χ0n) is 17.3. The van der Waals surface area contributed by atoms with Crippen molar-refractivity contribution < 1.29 is 4.74 Å². The van der Waals surface area contributed by atoms with Crippen LogP contribution < -0.4 is 15.4 Å². The van der Waals surface area contributed by atoms with Gasteiger partial charge in [0.15, 0.2) is 11.8 Å². The van der Waals surface area contributed by atoms with Crippen LogP contribution in [-0.2, 0) is 20.1 Å². The van der Waals surface area contributed by atoms with Gasteiger partial charge in [0.1, 0.15) is 11.6 Å². The second kappa shape index (κ2) is 12.9. The zero-order chi connectivity index (χ0) is 19.6. The predicted molar refractivity (Wildman–Crippen MR) is 128 cm³/mol. The van der Waals surface area contributed by atoms with Crippen molar-refractivity contribution in [3.05, 3.63) is 41.0 Å². The molecule has 0 unspecified atom stereocenters. The lowest BCUT2D eigenvalue weighted by atomic mass is 10.1. The van der Waals surface area contributed by atoms with E-state index >= 15 is 0 Å². The van der Waals surface area contributed by atoms with Crippen LogP contribution in [0.1, 0.15) is 29.2 Å². The number of nitrogens with zero attached hydrogens (tertiary/aromatic N) is 4. The molecule has 1 aromatic carbocycles. The Bertz CT molecular complexity index is 765. The van der Waals surface area contributed by atoms with Gasteiger partial charge in [-0.25, -0.2) is 4.99 Å². The first-order valence-electron chi connectivity index (χ1n) is 9.04. The van der Waals surface area contributed by atoms with E-state index in [4.69, 9.17) is 9.73 Å². The van der Waals surface area contributed by atoms with Crippen LogP contribution in [0.3, 0.4) is 0 Å². The Kier molecular flexibility index (Phi) is 11.3. The molecular formula is C19H31IN6OS. The number of nitrogens with one attached hydrogen (secondary N) is 2. The van der Waals surface area contributed by atoms with Crippen LogP contribution in [-0.4, -0.2) is 46.4 Å². The molecule has 0 fully saturated rings. The molecule has 0 bridgehead atoms. The van der Waals surface area contributed by atoms with E-state index in [2.05, 4.69) is 40.1 Å². The number of ether oxygens (including phenoxy) is 1. The lowest BCUT2D eigenvalue weighted by Crippen LogP contribution is -2.38. The van der Waals surface area contributed by atoms with Gasteiger partial charge in [-0.1, -0.05) is 6.07 Å². The Morgan fingerprint density at radius 2 is 2.00 bits per heavy atom. The van der Waals surface area contributed by atoms with Gasteiger partial charge < -0.3 is 19.9 Å². The topological polar surface area (TPSA) is 76.4 Å². The SMILES string of the molecule is COc1cc(C)cc(CN=C(NCCCSC)NCc2nnc(C)n2C)c1.I. The molecule has 0 aliphatic rings. The third-order valence-electron chi connectivity index (χ3n) is 4.18. The minimum Gasteiger partial charge on any atom is -0.497 e. The fourth-order valence-corrected chi connectivity index (χ4v) is 3.00. The number of halogens is 1. The van der Waals surface area contributed by atoms with Crippen LogP contribution >= 0.6 is 35.7 Å². The molecule has 0 aliphatic carbocycles. The number of benzene rings is 1. The summed E-state index contributed by atoms with van der Waals surface area (Å²) < 4.78 is 7.33. The molecule has 0 atom stereocenters. The van der Waals surface area contributed by atoms with E-state index < -0.39 is 0 Å². The number of hydrogen-bond donors (Lipinski definition) is 2. The fraction of sp³-hybridized carbons (Fsp3) is 0.526. The lowest BCUT2D eigenvalue weighted by Gasteiger charge is -2.13. The lowest BCUT2D eigenvalue weighted by molar-refractivity contribution is 0.414. The highest BCUT2D eigenvalue weighted by molar-refractivity contribution is 14.0.